The summed E-state index contributed by atoms with van der Waals surface area (Å²) in [6.45, 7) is 0. The van der Waals surface area contributed by atoms with Gasteiger partial charge in [0, 0.05) is 12.1 Å². The van der Waals surface area contributed by atoms with Gasteiger partial charge in [-0.2, -0.15) is 0 Å². The lowest BCUT2D eigenvalue weighted by Crippen LogP contribution is -2.04. The highest BCUT2D eigenvalue weighted by atomic mass is 16.5. The van der Waals surface area contributed by atoms with Crippen LogP contribution in [0.5, 0.6) is 23.0 Å². The van der Waals surface area contributed by atoms with Crippen molar-refractivity contribution in [3.63, 3.8) is 0 Å². The molecular weight excluding hydrogens is 288 g/mol. The van der Waals surface area contributed by atoms with Crippen LogP contribution in [-0.4, -0.2) is 22.4 Å². The summed E-state index contributed by atoms with van der Waals surface area (Å²) in [5.74, 6) is -1.03. The van der Waals surface area contributed by atoms with E-state index in [0.717, 1.165) is 0 Å². The Morgan fingerprint density at radius 3 is 2.50 bits per heavy atom. The highest BCUT2D eigenvalue weighted by Gasteiger charge is 2.20. The second-order valence-corrected chi connectivity index (χ2v) is 4.65. The van der Waals surface area contributed by atoms with E-state index in [0.29, 0.717) is 0 Å². The SMILES string of the molecule is COc1cc(O)cc2oc(-c3ccccc3O)c(O)c(=O)c12. The van der Waals surface area contributed by atoms with Gasteiger partial charge >= 0.3 is 0 Å². The molecule has 3 rings (SSSR count). The Labute approximate surface area is 124 Å². The molecule has 6 heteroatoms. The number of para-hydroxylation sites is 1. The summed E-state index contributed by atoms with van der Waals surface area (Å²) in [7, 11) is 1.33. The van der Waals surface area contributed by atoms with Gasteiger partial charge < -0.3 is 24.5 Å². The lowest BCUT2D eigenvalue weighted by atomic mass is 10.1. The Bertz CT molecular complexity index is 926. The molecule has 0 aliphatic heterocycles. The Hall–Kier alpha value is -3.15. The van der Waals surface area contributed by atoms with Gasteiger partial charge in [-0.25, -0.2) is 0 Å². The third-order valence-corrected chi connectivity index (χ3v) is 3.29. The number of hydrogen-bond donors (Lipinski definition) is 3. The first-order chi connectivity index (χ1) is 10.5. The van der Waals surface area contributed by atoms with Crippen molar-refractivity contribution in [3.05, 3.63) is 46.6 Å². The number of phenolic OH excluding ortho intramolecular Hbond substituents is 2. The summed E-state index contributed by atoms with van der Waals surface area (Å²) in [6, 6.07) is 8.62. The van der Waals surface area contributed by atoms with Crippen molar-refractivity contribution in [1.82, 2.24) is 0 Å². The maximum absolute atomic E-state index is 12.4. The van der Waals surface area contributed by atoms with Crippen LogP contribution in [0.2, 0.25) is 0 Å². The highest BCUT2D eigenvalue weighted by Crippen LogP contribution is 2.38. The molecule has 0 aliphatic carbocycles. The van der Waals surface area contributed by atoms with Crippen LogP contribution < -0.4 is 10.2 Å². The van der Waals surface area contributed by atoms with Gasteiger partial charge in [0.05, 0.1) is 12.7 Å². The van der Waals surface area contributed by atoms with Crippen molar-refractivity contribution in [1.29, 1.82) is 0 Å². The fraction of sp³-hybridized carbons (Fsp3) is 0.0625. The maximum Gasteiger partial charge on any atom is 0.238 e. The predicted octanol–water partition coefficient (Wildman–Crippen LogP) is 2.59. The second-order valence-electron chi connectivity index (χ2n) is 4.65. The molecule has 0 saturated carbocycles. The Balaban J connectivity index is 2.43. The summed E-state index contributed by atoms with van der Waals surface area (Å²) in [5.41, 5.74) is -0.504. The van der Waals surface area contributed by atoms with Crippen LogP contribution in [0.25, 0.3) is 22.3 Å². The second kappa shape index (κ2) is 5.00. The Morgan fingerprint density at radius 2 is 1.82 bits per heavy atom. The Morgan fingerprint density at radius 1 is 1.09 bits per heavy atom. The van der Waals surface area contributed by atoms with Crippen molar-refractivity contribution in [2.75, 3.05) is 7.11 Å². The average molecular weight is 300 g/mol. The zero-order valence-corrected chi connectivity index (χ0v) is 11.5. The van der Waals surface area contributed by atoms with Gasteiger partial charge in [-0.3, -0.25) is 4.79 Å². The average Bonchev–Trinajstić information content (AvgIpc) is 2.50. The lowest BCUT2D eigenvalue weighted by Gasteiger charge is -2.10. The fourth-order valence-electron chi connectivity index (χ4n) is 2.27. The third kappa shape index (κ3) is 2.01. The zero-order chi connectivity index (χ0) is 15.9. The number of phenols is 2. The molecule has 1 heterocycles. The van der Waals surface area contributed by atoms with E-state index in [1.165, 1.54) is 31.4 Å². The molecule has 0 bridgehead atoms. The smallest absolute Gasteiger partial charge is 0.238 e. The van der Waals surface area contributed by atoms with Crippen molar-refractivity contribution >= 4 is 11.0 Å². The molecular formula is C16H12O6. The number of fused-ring (bicyclic) bond motifs is 1. The quantitative estimate of drug-likeness (QED) is 0.672. The van der Waals surface area contributed by atoms with E-state index < -0.39 is 11.2 Å². The van der Waals surface area contributed by atoms with E-state index in [1.54, 1.807) is 12.1 Å². The minimum atomic E-state index is -0.712. The lowest BCUT2D eigenvalue weighted by molar-refractivity contribution is 0.408. The summed E-state index contributed by atoms with van der Waals surface area (Å²) in [5, 5.41) is 29.7. The molecule has 0 saturated heterocycles. The summed E-state index contributed by atoms with van der Waals surface area (Å²) in [4.78, 5) is 12.4. The van der Waals surface area contributed by atoms with Gasteiger partial charge in [0.25, 0.3) is 0 Å². The molecule has 0 fully saturated rings. The van der Waals surface area contributed by atoms with Crippen LogP contribution in [0.3, 0.4) is 0 Å². The van der Waals surface area contributed by atoms with Crippen LogP contribution in [0, 0.1) is 0 Å². The van der Waals surface area contributed by atoms with Crippen molar-refractivity contribution in [2.45, 2.75) is 0 Å². The predicted molar refractivity (Wildman–Crippen MR) is 79.5 cm³/mol. The molecule has 0 amide bonds. The van der Waals surface area contributed by atoms with Crippen LogP contribution in [-0.2, 0) is 0 Å². The van der Waals surface area contributed by atoms with Crippen LogP contribution >= 0.6 is 0 Å². The number of rotatable bonds is 2. The molecule has 0 radical (unpaired) electrons. The summed E-state index contributed by atoms with van der Waals surface area (Å²) in [6.07, 6.45) is 0. The molecule has 0 unspecified atom stereocenters. The molecule has 0 atom stereocenters. The number of aromatic hydroxyl groups is 3. The molecule has 112 valence electrons. The van der Waals surface area contributed by atoms with E-state index in [-0.39, 0.29) is 39.5 Å². The van der Waals surface area contributed by atoms with Gasteiger partial charge in [-0.05, 0) is 12.1 Å². The van der Waals surface area contributed by atoms with Crippen molar-refractivity contribution < 1.29 is 24.5 Å². The third-order valence-electron chi connectivity index (χ3n) is 3.29. The van der Waals surface area contributed by atoms with Crippen molar-refractivity contribution in [3.8, 4) is 34.3 Å². The largest absolute Gasteiger partial charge is 0.508 e. The van der Waals surface area contributed by atoms with Crippen LogP contribution in [0.1, 0.15) is 0 Å². The van der Waals surface area contributed by atoms with Crippen LogP contribution in [0.4, 0.5) is 0 Å². The zero-order valence-electron chi connectivity index (χ0n) is 11.5. The van der Waals surface area contributed by atoms with Crippen LogP contribution in [0.15, 0.2) is 45.6 Å². The van der Waals surface area contributed by atoms with E-state index in [9.17, 15) is 20.1 Å². The van der Waals surface area contributed by atoms with E-state index in [4.69, 9.17) is 9.15 Å². The van der Waals surface area contributed by atoms with Gasteiger partial charge in [-0.15, -0.1) is 0 Å². The molecule has 2 aromatic carbocycles. The number of methoxy groups -OCH3 is 1. The molecule has 0 spiro atoms. The van der Waals surface area contributed by atoms with Gasteiger partial charge in [0.2, 0.25) is 11.2 Å². The molecule has 3 aromatic rings. The number of hydrogen-bond acceptors (Lipinski definition) is 6. The molecule has 6 nitrogen and oxygen atoms in total. The molecule has 0 aliphatic rings. The molecule has 3 N–H and O–H groups in total. The molecule has 1 aromatic heterocycles. The normalized spacial score (nSPS) is 10.8. The monoisotopic (exact) mass is 300 g/mol. The summed E-state index contributed by atoms with van der Waals surface area (Å²) >= 11 is 0. The van der Waals surface area contributed by atoms with E-state index in [1.807, 2.05) is 0 Å². The van der Waals surface area contributed by atoms with Gasteiger partial charge in [0.1, 0.15) is 28.2 Å². The first kappa shape index (κ1) is 13.8. The topological polar surface area (TPSA) is 100 Å². The first-order valence-electron chi connectivity index (χ1n) is 6.38. The minimum absolute atomic E-state index is 0.0111. The van der Waals surface area contributed by atoms with Gasteiger partial charge in [0.15, 0.2) is 5.76 Å². The Kier molecular flexibility index (Phi) is 3.14. The first-order valence-corrected chi connectivity index (χ1v) is 6.38. The standard InChI is InChI=1S/C16H12O6/c1-21-11-6-8(17)7-12-13(11)14(19)15(20)16(22-12)9-4-2-3-5-10(9)18/h2-7,17-18,20H,1H3. The summed E-state index contributed by atoms with van der Waals surface area (Å²) < 4.78 is 10.5. The maximum atomic E-state index is 12.4. The van der Waals surface area contributed by atoms with Gasteiger partial charge in [-0.1, -0.05) is 12.1 Å². The number of ether oxygens (including phenoxy) is 1. The van der Waals surface area contributed by atoms with Crippen molar-refractivity contribution in [2.24, 2.45) is 0 Å². The minimum Gasteiger partial charge on any atom is -0.508 e. The highest BCUT2D eigenvalue weighted by molar-refractivity contribution is 5.88. The molecule has 22 heavy (non-hydrogen) atoms. The van der Waals surface area contributed by atoms with E-state index >= 15 is 0 Å². The fourth-order valence-corrected chi connectivity index (χ4v) is 2.27. The number of benzene rings is 2. The van der Waals surface area contributed by atoms with E-state index in [2.05, 4.69) is 0 Å².